The maximum absolute atomic E-state index is 14.0. The van der Waals surface area contributed by atoms with Crippen molar-refractivity contribution in [1.29, 1.82) is 0 Å². The minimum absolute atomic E-state index is 0.0115. The molecule has 41 heavy (non-hydrogen) atoms. The number of aromatic carboxylic acids is 2. The second kappa shape index (κ2) is 10.5. The van der Waals surface area contributed by atoms with Crippen LogP contribution >= 0.6 is 0 Å². The van der Waals surface area contributed by atoms with Crippen LogP contribution in [0.2, 0.25) is 0 Å². The summed E-state index contributed by atoms with van der Waals surface area (Å²) in [6.07, 6.45) is 0. The maximum atomic E-state index is 14.0. The van der Waals surface area contributed by atoms with E-state index in [2.05, 4.69) is 10.2 Å². The van der Waals surface area contributed by atoms with Gasteiger partial charge in [0.15, 0.2) is 0 Å². The lowest BCUT2D eigenvalue weighted by Gasteiger charge is -2.18. The van der Waals surface area contributed by atoms with Gasteiger partial charge in [-0.2, -0.15) is 0 Å². The van der Waals surface area contributed by atoms with E-state index in [0.29, 0.717) is 34.1 Å². The Labute approximate surface area is 232 Å². The van der Waals surface area contributed by atoms with Gasteiger partial charge in [0.1, 0.15) is 5.75 Å². The van der Waals surface area contributed by atoms with Gasteiger partial charge in [-0.15, -0.1) is 0 Å². The van der Waals surface area contributed by atoms with Crippen molar-refractivity contribution in [2.75, 3.05) is 7.11 Å². The fourth-order valence-electron chi connectivity index (χ4n) is 5.08. The molecule has 0 radical (unpaired) electrons. The summed E-state index contributed by atoms with van der Waals surface area (Å²) in [6, 6.07) is 19.0. The van der Waals surface area contributed by atoms with Crippen LogP contribution in [0.3, 0.4) is 0 Å². The number of carbonyl (C=O) groups is 2. The van der Waals surface area contributed by atoms with Crippen LogP contribution < -0.4 is 15.9 Å². The summed E-state index contributed by atoms with van der Waals surface area (Å²) >= 11 is 0. The molecule has 2 aromatic heterocycles. The fourth-order valence-corrected chi connectivity index (χ4v) is 5.08. The predicted octanol–water partition coefficient (Wildman–Crippen LogP) is 3.85. The van der Waals surface area contributed by atoms with E-state index in [1.165, 1.54) is 40.7 Å². The molecule has 0 aliphatic carbocycles. The Balaban J connectivity index is 1.78. The average molecular weight is 555 g/mol. The van der Waals surface area contributed by atoms with Gasteiger partial charge in [0.05, 0.1) is 46.7 Å². The Morgan fingerprint density at radius 1 is 0.732 bits per heavy atom. The molecule has 0 fully saturated rings. The van der Waals surface area contributed by atoms with Crippen molar-refractivity contribution in [3.05, 3.63) is 133 Å². The minimum atomic E-state index is -1.13. The minimum Gasteiger partial charge on any atom is -0.496 e. The van der Waals surface area contributed by atoms with Gasteiger partial charge in [0.2, 0.25) is 0 Å². The molecule has 11 heteroatoms. The van der Waals surface area contributed by atoms with Gasteiger partial charge in [-0.25, -0.2) is 19.0 Å². The van der Waals surface area contributed by atoms with Crippen LogP contribution in [0.1, 0.15) is 54.7 Å². The van der Waals surface area contributed by atoms with Crippen molar-refractivity contribution in [1.82, 2.24) is 19.6 Å². The number of hydrogen-bond donors (Lipinski definition) is 4. The highest BCUT2D eigenvalue weighted by molar-refractivity contribution is 5.88. The average Bonchev–Trinajstić information content (AvgIpc) is 3.43. The third-order valence-electron chi connectivity index (χ3n) is 6.96. The Morgan fingerprint density at radius 3 is 1.63 bits per heavy atom. The van der Waals surface area contributed by atoms with Gasteiger partial charge in [-0.1, -0.05) is 30.3 Å². The molecular formula is C30H26N4O7. The zero-order chi connectivity index (χ0) is 29.4. The predicted molar refractivity (Wildman–Crippen MR) is 150 cm³/mol. The summed E-state index contributed by atoms with van der Waals surface area (Å²) in [5.74, 6) is -2.71. The Kier molecular flexibility index (Phi) is 6.94. The van der Waals surface area contributed by atoms with Crippen LogP contribution in [-0.4, -0.2) is 48.8 Å². The first-order chi connectivity index (χ1) is 19.6. The lowest BCUT2D eigenvalue weighted by molar-refractivity contribution is 0.0686. The van der Waals surface area contributed by atoms with Crippen molar-refractivity contribution >= 4 is 11.9 Å². The van der Waals surface area contributed by atoms with Gasteiger partial charge >= 0.3 is 11.9 Å². The van der Waals surface area contributed by atoms with Gasteiger partial charge in [-0.3, -0.25) is 19.8 Å². The highest BCUT2D eigenvalue weighted by atomic mass is 16.5. The van der Waals surface area contributed by atoms with Crippen molar-refractivity contribution in [3.63, 3.8) is 0 Å². The number of carboxylic acids is 2. The first-order valence-corrected chi connectivity index (χ1v) is 12.6. The zero-order valence-corrected chi connectivity index (χ0v) is 22.3. The molecule has 208 valence electrons. The molecule has 0 aliphatic heterocycles. The number of para-hydroxylation sites is 1. The van der Waals surface area contributed by atoms with E-state index in [1.54, 1.807) is 62.4 Å². The zero-order valence-electron chi connectivity index (χ0n) is 22.3. The third-order valence-corrected chi connectivity index (χ3v) is 6.96. The van der Waals surface area contributed by atoms with Crippen molar-refractivity contribution < 1.29 is 24.5 Å². The molecule has 4 N–H and O–H groups in total. The summed E-state index contributed by atoms with van der Waals surface area (Å²) in [4.78, 5) is 51.2. The number of hydrogen-bond acceptors (Lipinski definition) is 5. The second-order valence-electron chi connectivity index (χ2n) is 9.47. The molecule has 0 aliphatic rings. The van der Waals surface area contributed by atoms with Gasteiger partial charge in [-0.05, 0) is 56.3 Å². The van der Waals surface area contributed by atoms with Crippen LogP contribution in [-0.2, 0) is 0 Å². The van der Waals surface area contributed by atoms with Gasteiger partial charge < -0.3 is 14.9 Å². The maximum Gasteiger partial charge on any atom is 0.335 e. The molecule has 5 aromatic rings. The van der Waals surface area contributed by atoms with E-state index in [-0.39, 0.29) is 22.3 Å². The number of rotatable bonds is 8. The molecular weight excluding hydrogens is 528 g/mol. The number of aromatic amines is 2. The fraction of sp³-hybridized carbons (Fsp3) is 0.133. The molecule has 0 atom stereocenters. The number of benzene rings is 3. The number of nitrogens with one attached hydrogen (secondary N) is 2. The van der Waals surface area contributed by atoms with Crippen LogP contribution in [0.4, 0.5) is 0 Å². The van der Waals surface area contributed by atoms with E-state index in [1.807, 2.05) is 0 Å². The molecule has 0 saturated carbocycles. The van der Waals surface area contributed by atoms with Crippen LogP contribution in [0.15, 0.2) is 82.4 Å². The molecule has 0 saturated heterocycles. The van der Waals surface area contributed by atoms with E-state index in [9.17, 15) is 29.4 Å². The van der Waals surface area contributed by atoms with E-state index >= 15 is 0 Å². The molecule has 5 rings (SSSR count). The number of nitrogens with zero attached hydrogens (tertiary/aromatic N) is 2. The smallest absolute Gasteiger partial charge is 0.335 e. The SMILES string of the molecule is COc1ccccc1C(c1c(C)[nH]n(-c2cccc(C(=O)O)c2)c1=O)c1c(C)[nH]n(-c2cccc(C(=O)O)c2)c1=O. The number of aryl methyl sites for hydroxylation is 2. The van der Waals surface area contributed by atoms with E-state index < -0.39 is 29.0 Å². The molecule has 0 unspecified atom stereocenters. The third kappa shape index (κ3) is 4.73. The highest BCUT2D eigenvalue weighted by Crippen LogP contribution is 2.37. The summed E-state index contributed by atoms with van der Waals surface area (Å²) in [6.45, 7) is 3.40. The lowest BCUT2D eigenvalue weighted by Crippen LogP contribution is -2.25. The van der Waals surface area contributed by atoms with E-state index in [4.69, 9.17) is 4.74 Å². The number of H-pyrrole nitrogens is 2. The first-order valence-electron chi connectivity index (χ1n) is 12.6. The molecule has 3 aromatic carbocycles. The molecule has 0 bridgehead atoms. The number of aromatic nitrogens is 4. The number of ether oxygens (including phenoxy) is 1. The monoisotopic (exact) mass is 554 g/mol. The Morgan fingerprint density at radius 2 is 1.20 bits per heavy atom. The van der Waals surface area contributed by atoms with Crippen LogP contribution in [0.25, 0.3) is 11.4 Å². The van der Waals surface area contributed by atoms with Gasteiger partial charge in [0.25, 0.3) is 11.1 Å². The molecule has 2 heterocycles. The summed E-state index contributed by atoms with van der Waals surface area (Å²) in [5.41, 5.74) is 1.73. The quantitative estimate of drug-likeness (QED) is 0.227. The normalized spacial score (nSPS) is 11.1. The highest BCUT2D eigenvalue weighted by Gasteiger charge is 2.32. The Bertz CT molecular complexity index is 1810. The summed E-state index contributed by atoms with van der Waals surface area (Å²) in [7, 11) is 1.50. The number of methoxy groups -OCH3 is 1. The van der Waals surface area contributed by atoms with Gasteiger partial charge in [0, 0.05) is 17.0 Å². The topological polar surface area (TPSA) is 159 Å². The van der Waals surface area contributed by atoms with Crippen LogP contribution in [0.5, 0.6) is 5.75 Å². The first kappa shape index (κ1) is 27.0. The lowest BCUT2D eigenvalue weighted by atomic mass is 9.84. The number of carboxylic acid groups (broad SMARTS) is 2. The summed E-state index contributed by atoms with van der Waals surface area (Å²) < 4.78 is 8.12. The van der Waals surface area contributed by atoms with Crippen LogP contribution in [0, 0.1) is 13.8 Å². The van der Waals surface area contributed by atoms with Crippen molar-refractivity contribution in [2.24, 2.45) is 0 Å². The van der Waals surface area contributed by atoms with E-state index in [0.717, 1.165) is 0 Å². The largest absolute Gasteiger partial charge is 0.496 e. The molecule has 11 nitrogen and oxygen atoms in total. The van der Waals surface area contributed by atoms with Crippen molar-refractivity contribution in [3.8, 4) is 17.1 Å². The summed E-state index contributed by atoms with van der Waals surface area (Å²) in [5, 5.41) is 25.0. The molecule has 0 spiro atoms. The second-order valence-corrected chi connectivity index (χ2v) is 9.47. The standard InChI is InChI=1S/C30H26N4O7/c1-16-24(27(35)33(31-16)20-10-6-8-18(14-20)29(37)38)26(22-12-4-5-13-23(22)41-3)25-17(2)32-34(28(25)36)21-11-7-9-19(15-21)30(39)40/h4-15,26,31-32H,1-3H3,(H,37,38)(H,39,40). The van der Waals surface area contributed by atoms with Crippen molar-refractivity contribution in [2.45, 2.75) is 19.8 Å². The molecule has 0 amide bonds. The Hall–Kier alpha value is -5.58.